The minimum Gasteiger partial charge on any atom is -0.335 e. The molecule has 2 amide bonds. The first-order valence-corrected chi connectivity index (χ1v) is 8.68. The van der Waals surface area contributed by atoms with Gasteiger partial charge in [0.05, 0.1) is 0 Å². The fourth-order valence-corrected chi connectivity index (χ4v) is 3.82. The first-order chi connectivity index (χ1) is 10.1. The van der Waals surface area contributed by atoms with Crippen LogP contribution in [0.4, 0.5) is 10.5 Å². The second-order valence-corrected chi connectivity index (χ2v) is 7.17. The van der Waals surface area contributed by atoms with Crippen LogP contribution >= 0.6 is 11.8 Å². The molecule has 3 unspecified atom stereocenters. The highest BCUT2D eigenvalue weighted by atomic mass is 32.2. The number of rotatable bonds is 5. The van der Waals surface area contributed by atoms with Crippen LogP contribution in [-0.2, 0) is 0 Å². The molecule has 0 aliphatic heterocycles. The molecular formula is C16H25N3OS. The zero-order chi connectivity index (χ0) is 15.2. The Morgan fingerprint density at radius 3 is 2.71 bits per heavy atom. The molecule has 116 valence electrons. The summed E-state index contributed by atoms with van der Waals surface area (Å²) in [6.07, 6.45) is 3.36. The second kappa shape index (κ2) is 7.71. The molecule has 1 aromatic carbocycles. The topological polar surface area (TPSA) is 67.2 Å². The van der Waals surface area contributed by atoms with Crippen molar-refractivity contribution in [2.75, 3.05) is 11.1 Å². The lowest BCUT2D eigenvalue weighted by molar-refractivity contribution is 0.248. The first-order valence-electron chi connectivity index (χ1n) is 7.63. The standard InChI is InChI=1S/C16H25N3OS/c1-3-21-15-9-8-14(10-15)19-16(20)18-13-6-4-12(5-7-13)11(2)17/h4-7,11,14-15H,3,8-10,17H2,1-2H3,(H2,18,19,20). The average molecular weight is 307 g/mol. The number of hydrogen-bond donors (Lipinski definition) is 3. The Kier molecular flexibility index (Phi) is 5.94. The number of hydrogen-bond acceptors (Lipinski definition) is 3. The van der Waals surface area contributed by atoms with Crippen molar-refractivity contribution in [1.82, 2.24) is 5.32 Å². The van der Waals surface area contributed by atoms with Crippen molar-refractivity contribution in [3.05, 3.63) is 29.8 Å². The molecule has 2 rings (SSSR count). The number of carbonyl (C=O) groups is 1. The summed E-state index contributed by atoms with van der Waals surface area (Å²) in [7, 11) is 0. The zero-order valence-electron chi connectivity index (χ0n) is 12.8. The van der Waals surface area contributed by atoms with E-state index in [-0.39, 0.29) is 12.1 Å². The minimum atomic E-state index is -0.115. The largest absolute Gasteiger partial charge is 0.335 e. The summed E-state index contributed by atoms with van der Waals surface area (Å²) in [5.41, 5.74) is 7.68. The monoisotopic (exact) mass is 307 g/mol. The maximum absolute atomic E-state index is 12.0. The molecule has 0 bridgehead atoms. The van der Waals surface area contributed by atoms with E-state index in [1.54, 1.807) is 0 Å². The van der Waals surface area contributed by atoms with E-state index in [1.165, 1.54) is 6.42 Å². The van der Waals surface area contributed by atoms with E-state index in [4.69, 9.17) is 5.73 Å². The lowest BCUT2D eigenvalue weighted by Crippen LogP contribution is -2.36. The molecule has 1 fully saturated rings. The van der Waals surface area contributed by atoms with E-state index < -0.39 is 0 Å². The number of benzene rings is 1. The van der Waals surface area contributed by atoms with Gasteiger partial charge < -0.3 is 16.4 Å². The Bertz CT molecular complexity index is 461. The number of nitrogens with one attached hydrogen (secondary N) is 2. The van der Waals surface area contributed by atoms with Crippen LogP contribution in [-0.4, -0.2) is 23.1 Å². The van der Waals surface area contributed by atoms with Crippen LogP contribution in [0.3, 0.4) is 0 Å². The molecule has 1 aliphatic rings. The number of nitrogens with two attached hydrogens (primary N) is 1. The van der Waals surface area contributed by atoms with Crippen molar-refractivity contribution in [3.8, 4) is 0 Å². The van der Waals surface area contributed by atoms with Crippen LogP contribution in [0.25, 0.3) is 0 Å². The number of amides is 2. The quantitative estimate of drug-likeness (QED) is 0.780. The number of anilines is 1. The van der Waals surface area contributed by atoms with Gasteiger partial charge >= 0.3 is 6.03 Å². The SMILES string of the molecule is CCSC1CCC(NC(=O)Nc2ccc(C(C)N)cc2)C1. The van der Waals surface area contributed by atoms with Crippen molar-refractivity contribution >= 4 is 23.5 Å². The van der Waals surface area contributed by atoms with Crippen molar-refractivity contribution < 1.29 is 4.79 Å². The summed E-state index contributed by atoms with van der Waals surface area (Å²) in [6, 6.07) is 7.88. The Balaban J connectivity index is 1.79. The van der Waals surface area contributed by atoms with Gasteiger partial charge in [-0.25, -0.2) is 4.79 Å². The van der Waals surface area contributed by atoms with Crippen LogP contribution in [0.5, 0.6) is 0 Å². The normalized spacial score (nSPS) is 22.8. The summed E-state index contributed by atoms with van der Waals surface area (Å²) < 4.78 is 0. The van der Waals surface area contributed by atoms with Gasteiger partial charge in [0.25, 0.3) is 0 Å². The molecule has 0 saturated heterocycles. The van der Waals surface area contributed by atoms with E-state index in [2.05, 4.69) is 17.6 Å². The smallest absolute Gasteiger partial charge is 0.319 e. The van der Waals surface area contributed by atoms with Crippen molar-refractivity contribution in [1.29, 1.82) is 0 Å². The van der Waals surface area contributed by atoms with Crippen molar-refractivity contribution in [3.63, 3.8) is 0 Å². The molecule has 0 aromatic heterocycles. The third-order valence-corrected chi connectivity index (χ3v) is 5.05. The second-order valence-electron chi connectivity index (χ2n) is 5.60. The number of thioether (sulfide) groups is 1. The molecule has 1 aromatic rings. The summed E-state index contributed by atoms with van der Waals surface area (Å²) >= 11 is 1.99. The first kappa shape index (κ1) is 16.2. The molecule has 21 heavy (non-hydrogen) atoms. The minimum absolute atomic E-state index is 0.0133. The highest BCUT2D eigenvalue weighted by Gasteiger charge is 2.25. The van der Waals surface area contributed by atoms with Gasteiger partial charge in [-0.3, -0.25) is 0 Å². The van der Waals surface area contributed by atoms with Crippen molar-refractivity contribution in [2.45, 2.75) is 50.4 Å². The van der Waals surface area contributed by atoms with E-state index >= 15 is 0 Å². The average Bonchev–Trinajstić information content (AvgIpc) is 2.87. The van der Waals surface area contributed by atoms with Crippen LogP contribution in [0.2, 0.25) is 0 Å². The third kappa shape index (κ3) is 4.93. The Morgan fingerprint density at radius 1 is 1.38 bits per heavy atom. The number of carbonyl (C=O) groups excluding carboxylic acids is 1. The lowest BCUT2D eigenvalue weighted by Gasteiger charge is -2.14. The van der Waals surface area contributed by atoms with Gasteiger partial charge in [0.1, 0.15) is 0 Å². The fraction of sp³-hybridized carbons (Fsp3) is 0.562. The predicted octanol–water partition coefficient (Wildman–Crippen LogP) is 3.50. The third-order valence-electron chi connectivity index (χ3n) is 3.82. The van der Waals surface area contributed by atoms with Crippen LogP contribution in [0.15, 0.2) is 24.3 Å². The van der Waals surface area contributed by atoms with Gasteiger partial charge in [-0.2, -0.15) is 11.8 Å². The van der Waals surface area contributed by atoms with E-state index in [0.29, 0.717) is 11.3 Å². The van der Waals surface area contributed by atoms with E-state index in [9.17, 15) is 4.79 Å². The lowest BCUT2D eigenvalue weighted by atomic mass is 10.1. The van der Waals surface area contributed by atoms with Crippen molar-refractivity contribution in [2.24, 2.45) is 5.73 Å². The Hall–Kier alpha value is -1.20. The summed E-state index contributed by atoms with van der Waals surface area (Å²) in [6.45, 7) is 4.13. The van der Waals surface area contributed by atoms with Crippen LogP contribution < -0.4 is 16.4 Å². The fourth-order valence-electron chi connectivity index (χ4n) is 2.68. The summed E-state index contributed by atoms with van der Waals surface area (Å²) in [5.74, 6) is 1.15. The molecule has 4 nitrogen and oxygen atoms in total. The van der Waals surface area contributed by atoms with Gasteiger partial charge in [0, 0.05) is 23.0 Å². The maximum atomic E-state index is 12.0. The van der Waals surface area contributed by atoms with E-state index in [0.717, 1.165) is 29.8 Å². The molecule has 0 radical (unpaired) electrons. The Labute approximate surface area is 131 Å². The van der Waals surface area contributed by atoms with Gasteiger partial charge in [-0.05, 0) is 49.6 Å². The summed E-state index contributed by atoms with van der Waals surface area (Å²) in [5, 5.41) is 6.65. The molecule has 3 atom stereocenters. The molecule has 0 heterocycles. The molecule has 0 spiro atoms. The molecule has 4 N–H and O–H groups in total. The van der Waals surface area contributed by atoms with Crippen LogP contribution in [0, 0.1) is 0 Å². The molecule has 5 heteroatoms. The van der Waals surface area contributed by atoms with E-state index in [1.807, 2.05) is 43.0 Å². The molecule has 1 saturated carbocycles. The maximum Gasteiger partial charge on any atom is 0.319 e. The summed E-state index contributed by atoms with van der Waals surface area (Å²) in [4.78, 5) is 12.0. The van der Waals surface area contributed by atoms with Gasteiger partial charge in [0.15, 0.2) is 0 Å². The van der Waals surface area contributed by atoms with Crippen LogP contribution in [0.1, 0.15) is 44.7 Å². The van der Waals surface area contributed by atoms with Gasteiger partial charge in [-0.15, -0.1) is 0 Å². The zero-order valence-corrected chi connectivity index (χ0v) is 13.6. The Morgan fingerprint density at radius 2 is 2.10 bits per heavy atom. The molecular weight excluding hydrogens is 282 g/mol. The van der Waals surface area contributed by atoms with Gasteiger partial charge in [0.2, 0.25) is 0 Å². The number of urea groups is 1. The predicted molar refractivity (Wildman–Crippen MR) is 90.8 cm³/mol. The highest BCUT2D eigenvalue weighted by molar-refractivity contribution is 7.99. The van der Waals surface area contributed by atoms with Gasteiger partial charge in [-0.1, -0.05) is 19.1 Å². The molecule has 1 aliphatic carbocycles. The highest BCUT2D eigenvalue weighted by Crippen LogP contribution is 2.29.